The highest BCUT2D eigenvalue weighted by Gasteiger charge is 2.37. The minimum absolute atomic E-state index is 0.0441. The molecule has 0 bridgehead atoms. The number of halogens is 1. The van der Waals surface area contributed by atoms with Crippen molar-refractivity contribution in [1.29, 1.82) is 0 Å². The molecule has 0 radical (unpaired) electrons. The van der Waals surface area contributed by atoms with Gasteiger partial charge in [-0.15, -0.1) is 0 Å². The van der Waals surface area contributed by atoms with Crippen LogP contribution < -0.4 is 15.2 Å². The summed E-state index contributed by atoms with van der Waals surface area (Å²) in [5.41, 5.74) is 7.28. The van der Waals surface area contributed by atoms with E-state index in [9.17, 15) is 0 Å². The second kappa shape index (κ2) is 5.49. The molecule has 4 heteroatoms. The van der Waals surface area contributed by atoms with Crippen LogP contribution in [0.3, 0.4) is 0 Å². The van der Waals surface area contributed by atoms with Crippen molar-refractivity contribution in [2.24, 2.45) is 5.73 Å². The fourth-order valence-electron chi connectivity index (χ4n) is 2.92. The number of benzene rings is 1. The van der Waals surface area contributed by atoms with Gasteiger partial charge in [0.05, 0.1) is 18.7 Å². The number of hydrogen-bond donors (Lipinski definition) is 1. The Hall–Kier alpha value is -0.740. The Morgan fingerprint density at radius 3 is 2.39 bits per heavy atom. The lowest BCUT2D eigenvalue weighted by Gasteiger charge is -2.30. The molecule has 0 spiro atoms. The molecule has 0 atom stereocenters. The minimum Gasteiger partial charge on any atom is -0.497 e. The summed E-state index contributed by atoms with van der Waals surface area (Å²) < 4.78 is 11.8. The summed E-state index contributed by atoms with van der Waals surface area (Å²) in [4.78, 5) is 0. The van der Waals surface area contributed by atoms with Crippen LogP contribution in [0.15, 0.2) is 16.6 Å². The maximum Gasteiger partial charge on any atom is 0.137 e. The Morgan fingerprint density at radius 2 is 1.89 bits per heavy atom. The van der Waals surface area contributed by atoms with Crippen LogP contribution in [0.4, 0.5) is 0 Å². The minimum atomic E-state index is 0.0441. The van der Waals surface area contributed by atoms with E-state index in [4.69, 9.17) is 15.2 Å². The zero-order valence-electron chi connectivity index (χ0n) is 11.0. The zero-order chi connectivity index (χ0) is 13.2. The average molecular weight is 314 g/mol. The zero-order valence-corrected chi connectivity index (χ0v) is 12.5. The van der Waals surface area contributed by atoms with Crippen LogP contribution in [0.25, 0.3) is 0 Å². The van der Waals surface area contributed by atoms with Crippen molar-refractivity contribution in [2.75, 3.05) is 20.8 Å². The maximum absolute atomic E-state index is 6.05. The number of rotatable bonds is 4. The Balaban J connectivity index is 2.56. The highest BCUT2D eigenvalue weighted by Crippen LogP contribution is 2.47. The largest absolute Gasteiger partial charge is 0.497 e. The summed E-state index contributed by atoms with van der Waals surface area (Å²) in [6.07, 6.45) is 4.71. The first-order valence-electron chi connectivity index (χ1n) is 6.29. The van der Waals surface area contributed by atoms with Crippen molar-refractivity contribution in [3.8, 4) is 11.5 Å². The smallest absolute Gasteiger partial charge is 0.137 e. The highest BCUT2D eigenvalue weighted by molar-refractivity contribution is 9.10. The Kier molecular flexibility index (Phi) is 4.17. The molecule has 1 aromatic carbocycles. The van der Waals surface area contributed by atoms with Crippen LogP contribution in [0.2, 0.25) is 0 Å². The van der Waals surface area contributed by atoms with Gasteiger partial charge < -0.3 is 15.2 Å². The molecule has 3 nitrogen and oxygen atoms in total. The molecular weight excluding hydrogens is 294 g/mol. The van der Waals surface area contributed by atoms with E-state index in [1.54, 1.807) is 14.2 Å². The summed E-state index contributed by atoms with van der Waals surface area (Å²) in [7, 11) is 3.39. The Morgan fingerprint density at radius 1 is 1.22 bits per heavy atom. The van der Waals surface area contributed by atoms with Crippen molar-refractivity contribution < 1.29 is 9.47 Å². The fourth-order valence-corrected chi connectivity index (χ4v) is 3.52. The predicted octanol–water partition coefficient (Wildman–Crippen LogP) is 3.24. The van der Waals surface area contributed by atoms with Gasteiger partial charge in [0.2, 0.25) is 0 Å². The van der Waals surface area contributed by atoms with Crippen LogP contribution in [-0.2, 0) is 5.41 Å². The van der Waals surface area contributed by atoms with Gasteiger partial charge in [0.25, 0.3) is 0 Å². The highest BCUT2D eigenvalue weighted by atomic mass is 79.9. The van der Waals surface area contributed by atoms with E-state index >= 15 is 0 Å². The van der Waals surface area contributed by atoms with Crippen LogP contribution in [0.5, 0.6) is 11.5 Å². The lowest BCUT2D eigenvalue weighted by atomic mass is 9.78. The van der Waals surface area contributed by atoms with Gasteiger partial charge in [-0.2, -0.15) is 0 Å². The van der Waals surface area contributed by atoms with Gasteiger partial charge in [0, 0.05) is 17.5 Å². The first kappa shape index (κ1) is 13.7. The molecule has 0 saturated heterocycles. The summed E-state index contributed by atoms with van der Waals surface area (Å²) in [5, 5.41) is 0. The summed E-state index contributed by atoms with van der Waals surface area (Å²) in [6, 6.07) is 4.00. The van der Waals surface area contributed by atoms with E-state index in [1.807, 2.05) is 6.07 Å². The monoisotopic (exact) mass is 313 g/mol. The molecule has 0 amide bonds. The molecule has 1 fully saturated rings. The lowest BCUT2D eigenvalue weighted by molar-refractivity contribution is 0.368. The molecule has 18 heavy (non-hydrogen) atoms. The molecule has 1 aromatic rings. The topological polar surface area (TPSA) is 44.5 Å². The lowest BCUT2D eigenvalue weighted by Crippen LogP contribution is -2.32. The quantitative estimate of drug-likeness (QED) is 0.928. The van der Waals surface area contributed by atoms with Crippen LogP contribution in [0.1, 0.15) is 31.2 Å². The van der Waals surface area contributed by atoms with Crippen molar-refractivity contribution in [2.45, 2.75) is 31.1 Å². The molecule has 0 aliphatic heterocycles. The molecule has 0 aromatic heterocycles. The third-order valence-corrected chi connectivity index (χ3v) is 4.57. The normalized spacial score (nSPS) is 17.8. The van der Waals surface area contributed by atoms with E-state index in [0.29, 0.717) is 6.54 Å². The van der Waals surface area contributed by atoms with E-state index in [-0.39, 0.29) is 5.41 Å². The van der Waals surface area contributed by atoms with Crippen LogP contribution in [0, 0.1) is 0 Å². The third-order valence-electron chi connectivity index (χ3n) is 3.98. The molecule has 0 unspecified atom stereocenters. The molecule has 0 heterocycles. The van der Waals surface area contributed by atoms with Crippen LogP contribution in [-0.4, -0.2) is 20.8 Å². The van der Waals surface area contributed by atoms with Gasteiger partial charge in [0.15, 0.2) is 0 Å². The van der Waals surface area contributed by atoms with Crippen molar-refractivity contribution in [3.05, 3.63) is 22.2 Å². The van der Waals surface area contributed by atoms with Gasteiger partial charge >= 0.3 is 0 Å². The van der Waals surface area contributed by atoms with Gasteiger partial charge in [-0.05, 0) is 40.9 Å². The predicted molar refractivity (Wildman–Crippen MR) is 76.4 cm³/mol. The molecule has 2 rings (SSSR count). The number of methoxy groups -OCH3 is 2. The molecule has 100 valence electrons. The summed E-state index contributed by atoms with van der Waals surface area (Å²) in [5.74, 6) is 1.74. The number of ether oxygens (including phenoxy) is 2. The van der Waals surface area contributed by atoms with E-state index < -0.39 is 0 Å². The van der Waals surface area contributed by atoms with Gasteiger partial charge in [-0.1, -0.05) is 12.8 Å². The standard InChI is InChI=1S/C14H20BrNO2/c1-17-10-7-11(13(18-2)12(15)8-10)14(9-16)5-3-4-6-14/h7-8H,3-6,9,16H2,1-2H3. The van der Waals surface area contributed by atoms with Crippen LogP contribution >= 0.6 is 15.9 Å². The SMILES string of the molecule is COc1cc(Br)c(OC)c(C2(CN)CCCC2)c1. The second-order valence-corrected chi connectivity index (χ2v) is 5.74. The second-order valence-electron chi connectivity index (χ2n) is 4.88. The molecule has 1 aliphatic rings. The number of nitrogens with two attached hydrogens (primary N) is 1. The van der Waals surface area contributed by atoms with E-state index in [2.05, 4.69) is 22.0 Å². The Bertz CT molecular complexity index is 428. The molecule has 1 saturated carbocycles. The maximum atomic E-state index is 6.05. The number of hydrogen-bond acceptors (Lipinski definition) is 3. The first-order valence-corrected chi connectivity index (χ1v) is 7.08. The van der Waals surface area contributed by atoms with E-state index in [1.165, 1.54) is 18.4 Å². The van der Waals surface area contributed by atoms with E-state index in [0.717, 1.165) is 28.8 Å². The molecule has 1 aliphatic carbocycles. The van der Waals surface area contributed by atoms with Gasteiger partial charge in [-0.3, -0.25) is 0 Å². The van der Waals surface area contributed by atoms with Gasteiger partial charge in [-0.25, -0.2) is 0 Å². The van der Waals surface area contributed by atoms with Crippen molar-refractivity contribution in [3.63, 3.8) is 0 Å². The fraction of sp³-hybridized carbons (Fsp3) is 0.571. The molecular formula is C14H20BrNO2. The summed E-state index contributed by atoms with van der Waals surface area (Å²) >= 11 is 3.55. The van der Waals surface area contributed by atoms with Gasteiger partial charge in [0.1, 0.15) is 11.5 Å². The summed E-state index contributed by atoms with van der Waals surface area (Å²) in [6.45, 7) is 0.656. The Labute approximate surface area is 117 Å². The average Bonchev–Trinajstić information content (AvgIpc) is 2.87. The first-order chi connectivity index (χ1) is 8.66. The van der Waals surface area contributed by atoms with Crippen molar-refractivity contribution >= 4 is 15.9 Å². The van der Waals surface area contributed by atoms with Crippen molar-refractivity contribution in [1.82, 2.24) is 0 Å². The third kappa shape index (κ3) is 2.24. The molecule has 2 N–H and O–H groups in total.